The van der Waals surface area contributed by atoms with Gasteiger partial charge in [-0.05, 0) is 7.05 Å². The molecule has 2 rings (SSSR count). The van der Waals surface area contributed by atoms with E-state index in [1.165, 1.54) is 0 Å². The van der Waals surface area contributed by atoms with Crippen LogP contribution < -0.4 is 5.73 Å². The zero-order valence-corrected chi connectivity index (χ0v) is 7.50. The number of aromatic amines is 1. The molecule has 0 aromatic carbocycles. The number of likely N-dealkylation sites (N-methyl/N-ethyl adjacent to an activating group) is 1. The van der Waals surface area contributed by atoms with E-state index in [2.05, 4.69) is 15.1 Å². The minimum absolute atomic E-state index is 0.390. The molecule has 0 bridgehead atoms. The van der Waals surface area contributed by atoms with Crippen molar-refractivity contribution in [2.24, 2.45) is 5.73 Å². The third-order valence-corrected chi connectivity index (χ3v) is 2.36. The van der Waals surface area contributed by atoms with Crippen LogP contribution in [0, 0.1) is 0 Å². The summed E-state index contributed by atoms with van der Waals surface area (Å²) < 4.78 is 0. The highest BCUT2D eigenvalue weighted by molar-refractivity contribution is 5.92. The predicted molar refractivity (Wildman–Crippen MR) is 47.1 cm³/mol. The SMILES string of the molecule is CN1CCc2[nH]nc(C(N)=O)c2C1. The van der Waals surface area contributed by atoms with Crippen LogP contribution in [0.1, 0.15) is 21.7 Å². The number of nitrogens with two attached hydrogens (primary N) is 1. The third kappa shape index (κ3) is 1.31. The number of carbonyl (C=O) groups is 1. The average Bonchev–Trinajstić information content (AvgIpc) is 2.46. The van der Waals surface area contributed by atoms with Crippen LogP contribution in [-0.4, -0.2) is 34.6 Å². The summed E-state index contributed by atoms with van der Waals surface area (Å²) in [5, 5.41) is 6.76. The first kappa shape index (κ1) is 8.25. The van der Waals surface area contributed by atoms with Gasteiger partial charge in [0.2, 0.25) is 0 Å². The van der Waals surface area contributed by atoms with E-state index in [1.54, 1.807) is 0 Å². The third-order valence-electron chi connectivity index (χ3n) is 2.36. The lowest BCUT2D eigenvalue weighted by Crippen LogP contribution is -2.27. The van der Waals surface area contributed by atoms with E-state index in [0.717, 1.165) is 30.8 Å². The van der Waals surface area contributed by atoms with Crippen LogP contribution in [0.4, 0.5) is 0 Å². The first-order valence-corrected chi connectivity index (χ1v) is 4.23. The molecule has 0 radical (unpaired) electrons. The number of primary amides is 1. The van der Waals surface area contributed by atoms with Gasteiger partial charge in [-0.25, -0.2) is 0 Å². The van der Waals surface area contributed by atoms with Crippen molar-refractivity contribution in [3.8, 4) is 0 Å². The highest BCUT2D eigenvalue weighted by Crippen LogP contribution is 2.18. The Hall–Kier alpha value is -1.36. The molecular formula is C8H12N4O. The van der Waals surface area contributed by atoms with Gasteiger partial charge in [-0.1, -0.05) is 0 Å². The lowest BCUT2D eigenvalue weighted by molar-refractivity contribution is 0.0993. The molecule has 1 aromatic rings. The van der Waals surface area contributed by atoms with Gasteiger partial charge in [0, 0.05) is 30.8 Å². The Morgan fingerprint density at radius 1 is 1.69 bits per heavy atom. The molecule has 1 aliphatic rings. The second-order valence-corrected chi connectivity index (χ2v) is 3.38. The fraction of sp³-hybridized carbons (Fsp3) is 0.500. The predicted octanol–water partition coefficient (Wildman–Crippen LogP) is -0.504. The quantitative estimate of drug-likeness (QED) is 0.611. The molecule has 0 saturated carbocycles. The zero-order valence-electron chi connectivity index (χ0n) is 7.50. The summed E-state index contributed by atoms with van der Waals surface area (Å²) >= 11 is 0. The summed E-state index contributed by atoms with van der Waals surface area (Å²) in [4.78, 5) is 13.1. The number of fused-ring (bicyclic) bond motifs is 1. The number of amides is 1. The fourth-order valence-electron chi connectivity index (χ4n) is 1.63. The van der Waals surface area contributed by atoms with Crippen LogP contribution in [0.5, 0.6) is 0 Å². The van der Waals surface area contributed by atoms with Crippen molar-refractivity contribution in [3.05, 3.63) is 17.0 Å². The van der Waals surface area contributed by atoms with E-state index in [4.69, 9.17) is 5.73 Å². The Balaban J connectivity index is 2.41. The zero-order chi connectivity index (χ0) is 9.42. The summed E-state index contributed by atoms with van der Waals surface area (Å²) in [6.07, 6.45) is 0.909. The van der Waals surface area contributed by atoms with E-state index in [-0.39, 0.29) is 0 Å². The van der Waals surface area contributed by atoms with Gasteiger partial charge in [0.25, 0.3) is 5.91 Å². The molecule has 1 aromatic heterocycles. The molecule has 5 nitrogen and oxygen atoms in total. The maximum Gasteiger partial charge on any atom is 0.269 e. The van der Waals surface area contributed by atoms with Crippen LogP contribution in [0.15, 0.2) is 0 Å². The van der Waals surface area contributed by atoms with Crippen LogP contribution in [0.2, 0.25) is 0 Å². The van der Waals surface area contributed by atoms with Crippen molar-refractivity contribution in [2.45, 2.75) is 13.0 Å². The van der Waals surface area contributed by atoms with Crippen LogP contribution in [0.3, 0.4) is 0 Å². The van der Waals surface area contributed by atoms with Gasteiger partial charge in [0.15, 0.2) is 5.69 Å². The number of H-pyrrole nitrogens is 1. The van der Waals surface area contributed by atoms with Gasteiger partial charge in [0.05, 0.1) is 0 Å². The van der Waals surface area contributed by atoms with Gasteiger partial charge in [-0.15, -0.1) is 0 Å². The Kier molecular flexibility index (Phi) is 1.81. The number of nitrogens with zero attached hydrogens (tertiary/aromatic N) is 2. The normalized spacial score (nSPS) is 17.0. The van der Waals surface area contributed by atoms with E-state index >= 15 is 0 Å². The molecule has 3 N–H and O–H groups in total. The molecule has 70 valence electrons. The van der Waals surface area contributed by atoms with Crippen molar-refractivity contribution >= 4 is 5.91 Å². The molecule has 0 spiro atoms. The number of carbonyl (C=O) groups excluding carboxylic acids is 1. The minimum atomic E-state index is -0.451. The smallest absolute Gasteiger partial charge is 0.269 e. The Morgan fingerprint density at radius 3 is 3.15 bits per heavy atom. The van der Waals surface area contributed by atoms with Crippen molar-refractivity contribution in [2.75, 3.05) is 13.6 Å². The van der Waals surface area contributed by atoms with Gasteiger partial charge < -0.3 is 10.6 Å². The first-order valence-electron chi connectivity index (χ1n) is 4.23. The van der Waals surface area contributed by atoms with Crippen LogP contribution in [-0.2, 0) is 13.0 Å². The topological polar surface area (TPSA) is 75.0 Å². The highest BCUT2D eigenvalue weighted by atomic mass is 16.1. The summed E-state index contributed by atoms with van der Waals surface area (Å²) in [5.41, 5.74) is 7.59. The molecule has 0 fully saturated rings. The molecule has 2 heterocycles. The van der Waals surface area contributed by atoms with Crippen LogP contribution in [0.25, 0.3) is 0 Å². The van der Waals surface area contributed by atoms with Gasteiger partial charge >= 0.3 is 0 Å². The lowest BCUT2D eigenvalue weighted by atomic mass is 10.1. The highest BCUT2D eigenvalue weighted by Gasteiger charge is 2.21. The van der Waals surface area contributed by atoms with Gasteiger partial charge in [-0.3, -0.25) is 9.89 Å². The molecule has 1 aliphatic heterocycles. The largest absolute Gasteiger partial charge is 0.364 e. The average molecular weight is 180 g/mol. The maximum absolute atomic E-state index is 11.0. The molecule has 0 aliphatic carbocycles. The number of rotatable bonds is 1. The molecule has 0 unspecified atom stereocenters. The Bertz CT molecular complexity index is 344. The van der Waals surface area contributed by atoms with Crippen molar-refractivity contribution in [1.82, 2.24) is 15.1 Å². The number of nitrogens with one attached hydrogen (secondary N) is 1. The Morgan fingerprint density at radius 2 is 2.46 bits per heavy atom. The second kappa shape index (κ2) is 2.85. The van der Waals surface area contributed by atoms with E-state index in [0.29, 0.717) is 5.69 Å². The minimum Gasteiger partial charge on any atom is -0.364 e. The molecule has 0 saturated heterocycles. The summed E-state index contributed by atoms with van der Waals surface area (Å²) in [7, 11) is 2.01. The van der Waals surface area contributed by atoms with Gasteiger partial charge in [-0.2, -0.15) is 5.10 Å². The molecular weight excluding hydrogens is 168 g/mol. The monoisotopic (exact) mass is 180 g/mol. The van der Waals surface area contributed by atoms with E-state index in [9.17, 15) is 4.79 Å². The van der Waals surface area contributed by atoms with E-state index < -0.39 is 5.91 Å². The molecule has 0 atom stereocenters. The van der Waals surface area contributed by atoms with Gasteiger partial charge in [0.1, 0.15) is 0 Å². The number of aromatic nitrogens is 2. The summed E-state index contributed by atoms with van der Waals surface area (Å²) in [6.45, 7) is 1.75. The van der Waals surface area contributed by atoms with Crippen molar-refractivity contribution in [3.63, 3.8) is 0 Å². The molecule has 1 amide bonds. The number of hydrogen-bond donors (Lipinski definition) is 2. The molecule has 5 heteroatoms. The first-order chi connectivity index (χ1) is 6.18. The maximum atomic E-state index is 11.0. The standard InChI is InChI=1S/C8H12N4O/c1-12-3-2-6-5(4-12)7(8(9)13)11-10-6/h2-4H2,1H3,(H2,9,13)(H,10,11). The van der Waals surface area contributed by atoms with Crippen molar-refractivity contribution < 1.29 is 4.79 Å². The second-order valence-electron chi connectivity index (χ2n) is 3.38. The number of hydrogen-bond acceptors (Lipinski definition) is 3. The summed E-state index contributed by atoms with van der Waals surface area (Å²) in [6, 6.07) is 0. The molecule has 13 heavy (non-hydrogen) atoms. The summed E-state index contributed by atoms with van der Waals surface area (Å²) in [5.74, 6) is -0.451. The van der Waals surface area contributed by atoms with Crippen LogP contribution >= 0.6 is 0 Å². The van der Waals surface area contributed by atoms with E-state index in [1.807, 2.05) is 7.05 Å². The lowest BCUT2D eigenvalue weighted by Gasteiger charge is -2.21. The fourth-order valence-corrected chi connectivity index (χ4v) is 1.63. The Labute approximate surface area is 75.9 Å². The van der Waals surface area contributed by atoms with Crippen molar-refractivity contribution in [1.29, 1.82) is 0 Å².